The lowest BCUT2D eigenvalue weighted by Gasteiger charge is -2.26. The molecule has 2 aromatic carbocycles. The van der Waals surface area contributed by atoms with Crippen LogP contribution in [0.3, 0.4) is 0 Å². The Kier molecular flexibility index (Phi) is 4.98. The van der Waals surface area contributed by atoms with E-state index in [1.165, 1.54) is 17.7 Å². The van der Waals surface area contributed by atoms with Crippen LogP contribution in [0.15, 0.2) is 54.6 Å². The lowest BCUT2D eigenvalue weighted by Crippen LogP contribution is -2.30. The van der Waals surface area contributed by atoms with Gasteiger partial charge in [-0.05, 0) is 29.7 Å². The first-order valence-corrected chi connectivity index (χ1v) is 9.04. The van der Waals surface area contributed by atoms with Crippen LogP contribution in [0.1, 0.15) is 22.4 Å². The first-order chi connectivity index (χ1) is 13.2. The van der Waals surface area contributed by atoms with E-state index in [9.17, 15) is 9.18 Å². The summed E-state index contributed by atoms with van der Waals surface area (Å²) in [4.78, 5) is 14.6. The summed E-state index contributed by atoms with van der Waals surface area (Å²) in [5.74, 6) is 0.152. The van der Waals surface area contributed by atoms with Crippen LogP contribution in [-0.4, -0.2) is 27.5 Å². The smallest absolute Gasteiger partial charge is 0.230 e. The summed E-state index contributed by atoms with van der Waals surface area (Å²) in [5, 5.41) is 10.2. The molecule has 5 nitrogen and oxygen atoms in total. The van der Waals surface area contributed by atoms with Crippen LogP contribution in [-0.2, 0) is 30.7 Å². The van der Waals surface area contributed by atoms with E-state index in [0.29, 0.717) is 5.82 Å². The van der Waals surface area contributed by atoms with Gasteiger partial charge in [-0.3, -0.25) is 14.8 Å². The Balaban J connectivity index is 1.38. The van der Waals surface area contributed by atoms with Gasteiger partial charge in [-0.15, -0.1) is 0 Å². The highest BCUT2D eigenvalue weighted by Crippen LogP contribution is 2.24. The minimum absolute atomic E-state index is 0.150. The van der Waals surface area contributed by atoms with E-state index in [4.69, 9.17) is 0 Å². The second kappa shape index (κ2) is 7.72. The number of rotatable bonds is 5. The molecule has 1 aliphatic heterocycles. The average Bonchev–Trinajstić information content (AvgIpc) is 3.06. The molecular formula is C21H21FN4O. The van der Waals surface area contributed by atoms with Crippen molar-refractivity contribution >= 4 is 11.7 Å². The Morgan fingerprint density at radius 1 is 1.11 bits per heavy atom. The van der Waals surface area contributed by atoms with Crippen LogP contribution in [0.25, 0.3) is 0 Å². The van der Waals surface area contributed by atoms with Crippen molar-refractivity contribution in [1.82, 2.24) is 15.1 Å². The maximum Gasteiger partial charge on any atom is 0.230 e. The van der Waals surface area contributed by atoms with E-state index in [2.05, 4.69) is 44.7 Å². The molecule has 0 fully saturated rings. The summed E-state index contributed by atoms with van der Waals surface area (Å²) >= 11 is 0. The van der Waals surface area contributed by atoms with E-state index in [-0.39, 0.29) is 18.1 Å². The van der Waals surface area contributed by atoms with E-state index in [1.807, 2.05) is 6.07 Å². The third kappa shape index (κ3) is 4.23. The first kappa shape index (κ1) is 17.4. The average molecular weight is 364 g/mol. The first-order valence-electron chi connectivity index (χ1n) is 9.04. The van der Waals surface area contributed by atoms with Crippen LogP contribution in [0.5, 0.6) is 0 Å². The number of fused-ring (bicyclic) bond motifs is 1. The van der Waals surface area contributed by atoms with Crippen LogP contribution < -0.4 is 5.32 Å². The van der Waals surface area contributed by atoms with Crippen molar-refractivity contribution in [3.8, 4) is 0 Å². The van der Waals surface area contributed by atoms with E-state index in [0.717, 1.165) is 42.9 Å². The summed E-state index contributed by atoms with van der Waals surface area (Å²) in [6.07, 6.45) is 1.03. The number of nitrogens with zero attached hydrogens (tertiary/aromatic N) is 2. The van der Waals surface area contributed by atoms with Crippen LogP contribution in [0.4, 0.5) is 10.2 Å². The number of hydrogen-bond donors (Lipinski definition) is 2. The highest BCUT2D eigenvalue weighted by atomic mass is 19.1. The Hall–Kier alpha value is -2.99. The number of benzene rings is 2. The molecule has 1 amide bonds. The lowest BCUT2D eigenvalue weighted by molar-refractivity contribution is -0.115. The van der Waals surface area contributed by atoms with E-state index in [1.54, 1.807) is 12.1 Å². The summed E-state index contributed by atoms with van der Waals surface area (Å²) in [7, 11) is 0. The summed E-state index contributed by atoms with van der Waals surface area (Å²) in [5.41, 5.74) is 4.18. The third-order valence-corrected chi connectivity index (χ3v) is 4.80. The van der Waals surface area contributed by atoms with Gasteiger partial charge in [0.2, 0.25) is 5.91 Å². The van der Waals surface area contributed by atoms with Crippen molar-refractivity contribution < 1.29 is 9.18 Å². The standard InChI is InChI=1S/C21H21FN4O/c22-17-8-6-15(7-9-17)12-20(27)23-21-18-10-11-26(14-19(18)24-25-21)13-16-4-2-1-3-5-16/h1-9H,10-14H2,(H2,23,24,25,27). The maximum absolute atomic E-state index is 13.0. The fourth-order valence-electron chi connectivity index (χ4n) is 3.42. The summed E-state index contributed by atoms with van der Waals surface area (Å²) in [6, 6.07) is 16.3. The van der Waals surface area contributed by atoms with Crippen LogP contribution in [0.2, 0.25) is 0 Å². The van der Waals surface area contributed by atoms with Crippen molar-refractivity contribution in [2.24, 2.45) is 0 Å². The molecule has 0 bridgehead atoms. The SMILES string of the molecule is O=C(Cc1ccc(F)cc1)Nc1n[nH]c2c1CCN(Cc1ccccc1)C2. The molecule has 138 valence electrons. The van der Waals surface area contributed by atoms with Gasteiger partial charge in [0.25, 0.3) is 0 Å². The van der Waals surface area contributed by atoms with Gasteiger partial charge in [0, 0.05) is 25.2 Å². The number of nitrogens with one attached hydrogen (secondary N) is 2. The zero-order chi connectivity index (χ0) is 18.6. The Morgan fingerprint density at radius 3 is 2.67 bits per heavy atom. The Bertz CT molecular complexity index is 921. The molecule has 0 aliphatic carbocycles. The van der Waals surface area contributed by atoms with Crippen molar-refractivity contribution in [3.63, 3.8) is 0 Å². The van der Waals surface area contributed by atoms with Crippen molar-refractivity contribution in [2.45, 2.75) is 25.9 Å². The van der Waals surface area contributed by atoms with Gasteiger partial charge < -0.3 is 5.32 Å². The van der Waals surface area contributed by atoms with Crippen LogP contribution >= 0.6 is 0 Å². The number of aromatic amines is 1. The summed E-state index contributed by atoms with van der Waals surface area (Å²) in [6.45, 7) is 2.60. The van der Waals surface area contributed by atoms with Gasteiger partial charge in [0.1, 0.15) is 5.82 Å². The molecule has 1 aromatic heterocycles. The maximum atomic E-state index is 13.0. The molecular weight excluding hydrogens is 343 g/mol. The molecule has 0 saturated heterocycles. The number of amides is 1. The molecule has 0 radical (unpaired) electrons. The van der Waals surface area contributed by atoms with E-state index < -0.39 is 0 Å². The van der Waals surface area contributed by atoms with E-state index >= 15 is 0 Å². The molecule has 0 unspecified atom stereocenters. The Morgan fingerprint density at radius 2 is 1.89 bits per heavy atom. The molecule has 2 heterocycles. The predicted octanol–water partition coefficient (Wildman–Crippen LogP) is 3.29. The molecule has 2 N–H and O–H groups in total. The molecule has 0 spiro atoms. The summed E-state index contributed by atoms with van der Waals surface area (Å²) < 4.78 is 13.0. The van der Waals surface area contributed by atoms with Gasteiger partial charge in [-0.1, -0.05) is 42.5 Å². The lowest BCUT2D eigenvalue weighted by atomic mass is 10.1. The molecule has 4 rings (SSSR count). The zero-order valence-electron chi connectivity index (χ0n) is 14.9. The number of anilines is 1. The number of carbonyl (C=O) groups is 1. The van der Waals surface area contributed by atoms with Gasteiger partial charge in [0.15, 0.2) is 5.82 Å². The largest absolute Gasteiger partial charge is 0.309 e. The molecule has 3 aromatic rings. The topological polar surface area (TPSA) is 61.0 Å². The van der Waals surface area contributed by atoms with Gasteiger partial charge >= 0.3 is 0 Å². The second-order valence-corrected chi connectivity index (χ2v) is 6.83. The van der Waals surface area contributed by atoms with Gasteiger partial charge in [-0.25, -0.2) is 4.39 Å². The number of halogens is 1. The second-order valence-electron chi connectivity index (χ2n) is 6.83. The monoisotopic (exact) mass is 364 g/mol. The minimum Gasteiger partial charge on any atom is -0.309 e. The number of H-pyrrole nitrogens is 1. The molecule has 0 saturated carbocycles. The number of aromatic nitrogens is 2. The molecule has 0 atom stereocenters. The fourth-order valence-corrected chi connectivity index (χ4v) is 3.42. The molecule has 27 heavy (non-hydrogen) atoms. The normalized spacial score (nSPS) is 14.0. The predicted molar refractivity (Wildman–Crippen MR) is 102 cm³/mol. The number of carbonyl (C=O) groups excluding carboxylic acids is 1. The minimum atomic E-state index is -0.305. The van der Waals surface area contributed by atoms with Crippen molar-refractivity contribution in [1.29, 1.82) is 0 Å². The third-order valence-electron chi connectivity index (χ3n) is 4.80. The van der Waals surface area contributed by atoms with Crippen LogP contribution in [0, 0.1) is 5.82 Å². The molecule has 6 heteroatoms. The Labute approximate surface area is 157 Å². The molecule has 1 aliphatic rings. The number of hydrogen-bond acceptors (Lipinski definition) is 3. The van der Waals surface area contributed by atoms with Crippen molar-refractivity contribution in [3.05, 3.63) is 82.8 Å². The quantitative estimate of drug-likeness (QED) is 0.730. The highest BCUT2D eigenvalue weighted by molar-refractivity contribution is 5.92. The zero-order valence-corrected chi connectivity index (χ0v) is 14.9. The van der Waals surface area contributed by atoms with Gasteiger partial charge in [-0.2, -0.15) is 5.10 Å². The highest BCUT2D eigenvalue weighted by Gasteiger charge is 2.22. The van der Waals surface area contributed by atoms with Crippen molar-refractivity contribution in [2.75, 3.05) is 11.9 Å². The van der Waals surface area contributed by atoms with Gasteiger partial charge in [0.05, 0.1) is 12.1 Å². The fraction of sp³-hybridized carbons (Fsp3) is 0.238.